The molecular weight excluding hydrogens is 218 g/mol. The number of aliphatic carboxylic acids is 1. The van der Waals surface area contributed by atoms with Crippen molar-refractivity contribution in [2.24, 2.45) is 0 Å². The number of carboxylic acids is 1. The van der Waals surface area contributed by atoms with Crippen LogP contribution in [-0.2, 0) is 11.3 Å². The van der Waals surface area contributed by atoms with Crippen molar-refractivity contribution >= 4 is 16.9 Å². The molecule has 1 heterocycles. The third-order valence-electron chi connectivity index (χ3n) is 2.89. The van der Waals surface area contributed by atoms with Crippen LogP contribution < -0.4 is 4.74 Å². The van der Waals surface area contributed by atoms with Crippen LogP contribution in [0.1, 0.15) is 12.0 Å². The van der Waals surface area contributed by atoms with E-state index in [1.807, 2.05) is 35.9 Å². The fraction of sp³-hybridized carbons (Fsp3) is 0.308. The molecule has 90 valence electrons. The predicted molar refractivity (Wildman–Crippen MR) is 65.5 cm³/mol. The van der Waals surface area contributed by atoms with Crippen LogP contribution in [0, 0.1) is 6.92 Å². The number of aromatic nitrogens is 1. The first kappa shape index (κ1) is 11.5. The highest BCUT2D eigenvalue weighted by atomic mass is 16.5. The molecule has 0 aliphatic carbocycles. The lowest BCUT2D eigenvalue weighted by molar-refractivity contribution is -0.137. The van der Waals surface area contributed by atoms with Gasteiger partial charge in [0.2, 0.25) is 0 Å². The topological polar surface area (TPSA) is 51.5 Å². The lowest BCUT2D eigenvalue weighted by atomic mass is 10.1. The molecule has 0 saturated heterocycles. The van der Waals surface area contributed by atoms with E-state index in [0.717, 1.165) is 22.2 Å². The summed E-state index contributed by atoms with van der Waals surface area (Å²) in [6.07, 6.45) is 2.02. The summed E-state index contributed by atoms with van der Waals surface area (Å²) >= 11 is 0. The second-order valence-corrected chi connectivity index (χ2v) is 4.00. The molecule has 0 spiro atoms. The van der Waals surface area contributed by atoms with Crippen molar-refractivity contribution in [3.8, 4) is 5.75 Å². The van der Waals surface area contributed by atoms with Crippen molar-refractivity contribution in [1.29, 1.82) is 0 Å². The Morgan fingerprint density at radius 2 is 2.18 bits per heavy atom. The van der Waals surface area contributed by atoms with Gasteiger partial charge in [-0.15, -0.1) is 0 Å². The molecule has 4 heteroatoms. The summed E-state index contributed by atoms with van der Waals surface area (Å²) < 4.78 is 7.25. The Bertz CT molecular complexity index is 557. The van der Waals surface area contributed by atoms with E-state index in [2.05, 4.69) is 0 Å². The summed E-state index contributed by atoms with van der Waals surface area (Å²) in [5.74, 6) is -0.0144. The SMILES string of the molecule is COc1ccc(C)c2ccn(CCC(=O)O)c12. The minimum atomic E-state index is -0.793. The molecule has 1 N–H and O–H groups in total. The van der Waals surface area contributed by atoms with Crippen LogP contribution in [0.4, 0.5) is 0 Å². The second kappa shape index (κ2) is 4.49. The molecule has 0 aliphatic heterocycles. The second-order valence-electron chi connectivity index (χ2n) is 4.00. The highest BCUT2D eigenvalue weighted by molar-refractivity contribution is 5.89. The minimum Gasteiger partial charge on any atom is -0.495 e. The third kappa shape index (κ3) is 2.11. The molecule has 0 unspecified atom stereocenters. The smallest absolute Gasteiger partial charge is 0.305 e. The Morgan fingerprint density at radius 1 is 1.41 bits per heavy atom. The summed E-state index contributed by atoms with van der Waals surface area (Å²) in [6.45, 7) is 2.49. The standard InChI is InChI=1S/C13H15NO3/c1-9-3-4-11(17-2)13-10(9)5-7-14(13)8-6-12(15)16/h3-5,7H,6,8H2,1-2H3,(H,15,16). The monoisotopic (exact) mass is 233 g/mol. The van der Waals surface area contributed by atoms with Gasteiger partial charge in [0, 0.05) is 18.1 Å². The third-order valence-corrected chi connectivity index (χ3v) is 2.89. The van der Waals surface area contributed by atoms with Crippen molar-refractivity contribution in [2.75, 3.05) is 7.11 Å². The highest BCUT2D eigenvalue weighted by Gasteiger charge is 2.10. The van der Waals surface area contributed by atoms with E-state index >= 15 is 0 Å². The Hall–Kier alpha value is -1.97. The van der Waals surface area contributed by atoms with Crippen LogP contribution in [0.2, 0.25) is 0 Å². The van der Waals surface area contributed by atoms with Gasteiger partial charge in [-0.25, -0.2) is 0 Å². The van der Waals surface area contributed by atoms with E-state index in [9.17, 15) is 4.79 Å². The van der Waals surface area contributed by atoms with Gasteiger partial charge < -0.3 is 14.4 Å². The van der Waals surface area contributed by atoms with E-state index in [1.165, 1.54) is 0 Å². The molecule has 0 aliphatic rings. The van der Waals surface area contributed by atoms with E-state index in [0.29, 0.717) is 6.54 Å². The van der Waals surface area contributed by atoms with Gasteiger partial charge in [0.15, 0.2) is 0 Å². The van der Waals surface area contributed by atoms with Gasteiger partial charge in [-0.1, -0.05) is 6.07 Å². The first-order valence-electron chi connectivity index (χ1n) is 5.47. The van der Waals surface area contributed by atoms with Crippen LogP contribution in [0.3, 0.4) is 0 Å². The number of fused-ring (bicyclic) bond motifs is 1. The molecule has 1 aromatic carbocycles. The fourth-order valence-electron chi connectivity index (χ4n) is 2.00. The van der Waals surface area contributed by atoms with Crippen molar-refractivity contribution in [3.63, 3.8) is 0 Å². The number of methoxy groups -OCH3 is 1. The number of benzene rings is 1. The molecule has 1 aromatic heterocycles. The summed E-state index contributed by atoms with van der Waals surface area (Å²) in [6, 6.07) is 5.91. The number of aryl methyl sites for hydroxylation is 2. The van der Waals surface area contributed by atoms with Crippen LogP contribution >= 0.6 is 0 Å². The van der Waals surface area contributed by atoms with Gasteiger partial charge in [-0.2, -0.15) is 0 Å². The molecule has 0 saturated carbocycles. The molecule has 0 amide bonds. The maximum absolute atomic E-state index is 10.6. The van der Waals surface area contributed by atoms with Crippen LogP contribution in [0.15, 0.2) is 24.4 Å². The van der Waals surface area contributed by atoms with Gasteiger partial charge in [0.05, 0.1) is 19.0 Å². The van der Waals surface area contributed by atoms with Gasteiger partial charge in [-0.3, -0.25) is 4.79 Å². The largest absolute Gasteiger partial charge is 0.495 e. The molecule has 0 radical (unpaired) electrons. The maximum Gasteiger partial charge on any atom is 0.305 e. The normalized spacial score (nSPS) is 10.7. The number of ether oxygens (including phenoxy) is 1. The fourth-order valence-corrected chi connectivity index (χ4v) is 2.00. The van der Waals surface area contributed by atoms with Gasteiger partial charge in [0.25, 0.3) is 0 Å². The Labute approximate surface area is 99.4 Å². The first-order valence-corrected chi connectivity index (χ1v) is 5.47. The number of hydrogen-bond donors (Lipinski definition) is 1. The Kier molecular flexibility index (Phi) is 3.04. The van der Waals surface area contributed by atoms with Crippen LogP contribution in [-0.4, -0.2) is 22.8 Å². The average molecular weight is 233 g/mol. The molecule has 2 aromatic rings. The molecule has 17 heavy (non-hydrogen) atoms. The zero-order valence-electron chi connectivity index (χ0n) is 9.93. The zero-order valence-corrected chi connectivity index (χ0v) is 9.93. The van der Waals surface area contributed by atoms with E-state index in [-0.39, 0.29) is 6.42 Å². The summed E-state index contributed by atoms with van der Waals surface area (Å²) in [5, 5.41) is 9.83. The lowest BCUT2D eigenvalue weighted by Gasteiger charge is -2.09. The van der Waals surface area contributed by atoms with Crippen LogP contribution in [0.25, 0.3) is 10.9 Å². The Balaban J connectivity index is 2.49. The first-order chi connectivity index (χ1) is 8.13. The number of carboxylic acid groups (broad SMARTS) is 1. The van der Waals surface area contributed by atoms with E-state index in [1.54, 1.807) is 7.11 Å². The van der Waals surface area contributed by atoms with E-state index < -0.39 is 5.97 Å². The van der Waals surface area contributed by atoms with Gasteiger partial charge in [-0.05, 0) is 24.6 Å². The molecule has 0 bridgehead atoms. The molecule has 2 rings (SSSR count). The number of carbonyl (C=O) groups is 1. The van der Waals surface area contributed by atoms with Crippen molar-refractivity contribution < 1.29 is 14.6 Å². The minimum absolute atomic E-state index is 0.112. The molecule has 4 nitrogen and oxygen atoms in total. The summed E-state index contributed by atoms with van der Waals surface area (Å²) in [4.78, 5) is 10.6. The Morgan fingerprint density at radius 3 is 2.82 bits per heavy atom. The molecular formula is C13H15NO3. The van der Waals surface area contributed by atoms with Crippen molar-refractivity contribution in [2.45, 2.75) is 19.9 Å². The zero-order chi connectivity index (χ0) is 12.4. The summed E-state index contributed by atoms with van der Waals surface area (Å²) in [5.41, 5.74) is 2.13. The quantitative estimate of drug-likeness (QED) is 0.882. The van der Waals surface area contributed by atoms with Gasteiger partial charge >= 0.3 is 5.97 Å². The average Bonchev–Trinajstić information content (AvgIpc) is 2.72. The number of nitrogens with zero attached hydrogens (tertiary/aromatic N) is 1. The number of hydrogen-bond acceptors (Lipinski definition) is 2. The lowest BCUT2D eigenvalue weighted by Crippen LogP contribution is -2.04. The van der Waals surface area contributed by atoms with Gasteiger partial charge in [0.1, 0.15) is 5.75 Å². The highest BCUT2D eigenvalue weighted by Crippen LogP contribution is 2.29. The maximum atomic E-state index is 10.6. The summed E-state index contributed by atoms with van der Waals surface area (Å²) in [7, 11) is 1.62. The van der Waals surface area contributed by atoms with Crippen molar-refractivity contribution in [3.05, 3.63) is 30.0 Å². The molecule has 0 fully saturated rings. The van der Waals surface area contributed by atoms with Crippen LogP contribution in [0.5, 0.6) is 5.75 Å². The molecule has 0 atom stereocenters. The predicted octanol–water partition coefficient (Wildman–Crippen LogP) is 2.43. The number of rotatable bonds is 4. The van der Waals surface area contributed by atoms with Crippen molar-refractivity contribution in [1.82, 2.24) is 4.57 Å². The van der Waals surface area contributed by atoms with E-state index in [4.69, 9.17) is 9.84 Å².